The fourth-order valence-corrected chi connectivity index (χ4v) is 3.82. The van der Waals surface area contributed by atoms with Crippen LogP contribution in [0.2, 0.25) is 0 Å². The maximum atomic E-state index is 13.2. The van der Waals surface area contributed by atoms with E-state index in [0.29, 0.717) is 4.90 Å². The second kappa shape index (κ2) is 10.6. The molecule has 0 aliphatic carbocycles. The third-order valence-corrected chi connectivity index (χ3v) is 6.64. The van der Waals surface area contributed by atoms with Gasteiger partial charge in [-0.15, -0.1) is 0 Å². The molecule has 32 heavy (non-hydrogen) atoms. The fourth-order valence-electron chi connectivity index (χ4n) is 2.71. The highest BCUT2D eigenvalue weighted by Gasteiger charge is 2.48. The molecule has 0 aromatic rings. The summed E-state index contributed by atoms with van der Waals surface area (Å²) in [4.78, 5) is 0.452. The number of nitrogens with one attached hydrogen (secondary N) is 2. The molecule has 7 nitrogen and oxygen atoms in total. The Labute approximate surface area is 179 Å². The van der Waals surface area contributed by atoms with Gasteiger partial charge in [-0.2, -0.15) is 39.5 Å². The van der Waals surface area contributed by atoms with Gasteiger partial charge in [0.05, 0.1) is 6.54 Å². The quantitative estimate of drug-likeness (QED) is 0.399. The monoisotopic (exact) mass is 533 g/mol. The van der Waals surface area contributed by atoms with Crippen molar-refractivity contribution in [3.8, 4) is 0 Å². The van der Waals surface area contributed by atoms with E-state index in [4.69, 9.17) is 0 Å². The SMILES string of the molecule is CC(C)[C@@H](CNS(=O)(=O)C(F)(F)F)N(CC(F)(F)F)[C@H](CNS(=O)(=O)C(F)(F)F)C(C)C. The summed E-state index contributed by atoms with van der Waals surface area (Å²) >= 11 is 0. The maximum Gasteiger partial charge on any atom is 0.511 e. The van der Waals surface area contributed by atoms with Crippen molar-refractivity contribution >= 4 is 20.0 Å². The number of halogens is 9. The van der Waals surface area contributed by atoms with Crippen LogP contribution in [0.25, 0.3) is 0 Å². The van der Waals surface area contributed by atoms with Crippen molar-refractivity contribution in [2.75, 3.05) is 19.6 Å². The fraction of sp³-hybridized carbons (Fsp3) is 1.00. The highest BCUT2D eigenvalue weighted by Crippen LogP contribution is 2.28. The minimum absolute atomic E-state index is 0.452. The number of hydrogen-bond donors (Lipinski definition) is 2. The van der Waals surface area contributed by atoms with Gasteiger partial charge < -0.3 is 0 Å². The molecule has 2 N–H and O–H groups in total. The predicted molar refractivity (Wildman–Crippen MR) is 96.0 cm³/mol. The van der Waals surface area contributed by atoms with Crippen molar-refractivity contribution in [3.05, 3.63) is 0 Å². The molecule has 0 aliphatic rings. The molecule has 0 heterocycles. The van der Waals surface area contributed by atoms with Crippen LogP contribution in [0.4, 0.5) is 39.5 Å². The topological polar surface area (TPSA) is 95.6 Å². The molecule has 0 fully saturated rings. The summed E-state index contributed by atoms with van der Waals surface area (Å²) in [7, 11) is -11.8. The molecule has 2 atom stereocenters. The molecule has 0 rings (SSSR count). The molecule has 0 spiro atoms. The minimum atomic E-state index is -5.92. The summed E-state index contributed by atoms with van der Waals surface area (Å²) in [6.45, 7) is 0.858. The zero-order valence-electron chi connectivity index (χ0n) is 17.2. The number of hydrogen-bond acceptors (Lipinski definition) is 5. The molecule has 194 valence electrons. The summed E-state index contributed by atoms with van der Waals surface area (Å²) in [5, 5.41) is 0. The van der Waals surface area contributed by atoms with Crippen molar-refractivity contribution in [2.45, 2.75) is 57.0 Å². The zero-order chi connectivity index (χ0) is 25.9. The van der Waals surface area contributed by atoms with E-state index in [1.54, 1.807) is 0 Å². The standard InChI is InChI=1S/C14H24F9N3O4S2/c1-8(2)10(5-24-31(27,28)13(18,19)20)26(7-12(15,16)17)11(9(3)4)6-25-32(29,30)14(21,22)23/h8-11,24-25H,5-7H2,1-4H3/t10-,11-/m1/s1. The normalized spacial score (nSPS) is 16.8. The molecule has 0 unspecified atom stereocenters. The molecule has 0 aromatic carbocycles. The van der Waals surface area contributed by atoms with E-state index in [0.717, 1.165) is 9.44 Å². The van der Waals surface area contributed by atoms with Crippen LogP contribution in [0.1, 0.15) is 27.7 Å². The van der Waals surface area contributed by atoms with Gasteiger partial charge in [-0.05, 0) is 11.8 Å². The first-order valence-electron chi connectivity index (χ1n) is 8.87. The van der Waals surface area contributed by atoms with Crippen LogP contribution in [-0.2, 0) is 20.0 Å². The zero-order valence-corrected chi connectivity index (χ0v) is 18.9. The van der Waals surface area contributed by atoms with Gasteiger partial charge in [-0.3, -0.25) is 4.90 Å². The average molecular weight is 533 g/mol. The lowest BCUT2D eigenvalue weighted by atomic mass is 9.95. The van der Waals surface area contributed by atoms with Crippen molar-refractivity contribution in [2.24, 2.45) is 11.8 Å². The number of sulfonamides is 2. The van der Waals surface area contributed by atoms with E-state index in [1.165, 1.54) is 27.7 Å². The molecule has 0 radical (unpaired) electrons. The van der Waals surface area contributed by atoms with Gasteiger partial charge in [-0.25, -0.2) is 26.3 Å². The number of alkyl halides is 9. The largest absolute Gasteiger partial charge is 0.511 e. The Bertz CT molecular complexity index is 747. The first-order chi connectivity index (χ1) is 13.9. The van der Waals surface area contributed by atoms with Crippen LogP contribution in [0.3, 0.4) is 0 Å². The first-order valence-corrected chi connectivity index (χ1v) is 11.8. The highest BCUT2D eigenvalue weighted by atomic mass is 32.2. The Hall–Kier alpha value is -0.850. The van der Waals surface area contributed by atoms with Gasteiger partial charge in [0.1, 0.15) is 0 Å². The highest BCUT2D eigenvalue weighted by molar-refractivity contribution is 7.90. The van der Waals surface area contributed by atoms with E-state index >= 15 is 0 Å². The maximum absolute atomic E-state index is 13.2. The summed E-state index contributed by atoms with van der Waals surface area (Å²) in [5.41, 5.74) is -11.5. The summed E-state index contributed by atoms with van der Waals surface area (Å²) in [6.07, 6.45) is -4.99. The van der Waals surface area contributed by atoms with Crippen LogP contribution in [-0.4, -0.2) is 70.6 Å². The molecular formula is C14H24F9N3O4S2. The third kappa shape index (κ3) is 9.18. The Morgan fingerprint density at radius 3 is 1.12 bits per heavy atom. The number of rotatable bonds is 11. The van der Waals surface area contributed by atoms with Gasteiger partial charge in [0.25, 0.3) is 0 Å². The Morgan fingerprint density at radius 2 is 0.938 bits per heavy atom. The van der Waals surface area contributed by atoms with E-state index in [1.807, 2.05) is 0 Å². The molecule has 0 saturated carbocycles. The average Bonchev–Trinajstić information content (AvgIpc) is 2.50. The van der Waals surface area contributed by atoms with Crippen LogP contribution < -0.4 is 9.44 Å². The van der Waals surface area contributed by atoms with Crippen molar-refractivity contribution < 1.29 is 56.3 Å². The summed E-state index contributed by atoms with van der Waals surface area (Å²) < 4.78 is 162. The van der Waals surface area contributed by atoms with Crippen LogP contribution in [0.15, 0.2) is 0 Å². The van der Waals surface area contributed by atoms with E-state index in [-0.39, 0.29) is 0 Å². The Balaban J connectivity index is 6.11. The molecule has 0 bridgehead atoms. The van der Waals surface area contributed by atoms with Gasteiger partial charge in [0.2, 0.25) is 0 Å². The summed E-state index contributed by atoms with van der Waals surface area (Å²) in [6, 6.07) is -3.17. The van der Waals surface area contributed by atoms with E-state index in [2.05, 4.69) is 0 Å². The smallest absolute Gasteiger partial charge is 0.286 e. The van der Waals surface area contributed by atoms with Gasteiger partial charge >= 0.3 is 37.2 Å². The first kappa shape index (κ1) is 31.1. The van der Waals surface area contributed by atoms with Crippen molar-refractivity contribution in [1.82, 2.24) is 14.3 Å². The minimum Gasteiger partial charge on any atom is -0.286 e. The van der Waals surface area contributed by atoms with Crippen LogP contribution >= 0.6 is 0 Å². The van der Waals surface area contributed by atoms with Gasteiger partial charge in [0, 0.05) is 25.2 Å². The van der Waals surface area contributed by atoms with E-state index in [9.17, 15) is 56.3 Å². The number of nitrogens with zero attached hydrogens (tertiary/aromatic N) is 1. The van der Waals surface area contributed by atoms with Crippen LogP contribution in [0.5, 0.6) is 0 Å². The molecular weight excluding hydrogens is 509 g/mol. The Kier molecular flexibility index (Phi) is 10.3. The lowest BCUT2D eigenvalue weighted by molar-refractivity contribution is -0.160. The molecule has 18 heteroatoms. The van der Waals surface area contributed by atoms with E-state index < -0.39 is 80.8 Å². The second-order valence-corrected chi connectivity index (χ2v) is 11.0. The summed E-state index contributed by atoms with van der Waals surface area (Å²) in [5.74, 6) is -1.84. The van der Waals surface area contributed by atoms with Gasteiger partial charge in [0.15, 0.2) is 0 Å². The lowest BCUT2D eigenvalue weighted by Crippen LogP contribution is -2.59. The molecule has 0 saturated heterocycles. The van der Waals surface area contributed by atoms with Gasteiger partial charge in [-0.1, -0.05) is 27.7 Å². The molecule has 0 aromatic heterocycles. The molecule has 0 aliphatic heterocycles. The predicted octanol–water partition coefficient (Wildman–Crippen LogP) is 2.78. The molecule has 0 amide bonds. The van der Waals surface area contributed by atoms with Crippen molar-refractivity contribution in [3.63, 3.8) is 0 Å². The third-order valence-electron chi connectivity index (χ3n) is 4.33. The second-order valence-electron chi connectivity index (χ2n) is 7.51. The lowest BCUT2D eigenvalue weighted by Gasteiger charge is -2.42. The Morgan fingerprint density at radius 1 is 0.656 bits per heavy atom. The van der Waals surface area contributed by atoms with Crippen LogP contribution in [0, 0.1) is 11.8 Å². The van der Waals surface area contributed by atoms with Crippen molar-refractivity contribution in [1.29, 1.82) is 0 Å².